The molecule has 1 N–H and O–H groups in total. The van der Waals surface area contributed by atoms with Crippen molar-refractivity contribution in [1.82, 2.24) is 4.98 Å². The standard InChI is InChI=1S/C8H11N.C3H8O3S.B.4FH/c1-3-8-5-4-7(2)9-6-8;1-2-3-7(4,5)6;;;;;/h4-6H,3H2,1-2H3;2-3H2,1H3,(H,4,5,6);;4*1H. The van der Waals surface area contributed by atoms with E-state index in [0.717, 1.165) is 12.1 Å². The Balaban J connectivity index is -0.0000000442. The molecule has 1 aromatic rings. The van der Waals surface area contributed by atoms with Crippen LogP contribution in [0.4, 0.5) is 18.8 Å². The summed E-state index contributed by atoms with van der Waals surface area (Å²) in [6.45, 7) is 5.82. The molecule has 4 nitrogen and oxygen atoms in total. The molecule has 0 atom stereocenters. The fraction of sp³-hybridized carbons (Fsp3) is 0.545. The first-order valence-corrected chi connectivity index (χ1v) is 6.86. The molecule has 0 amide bonds. The lowest BCUT2D eigenvalue weighted by Gasteiger charge is -1.93. The van der Waals surface area contributed by atoms with Crippen LogP contribution in [-0.4, -0.2) is 32.1 Å². The molecule has 127 valence electrons. The zero-order valence-electron chi connectivity index (χ0n) is 12.2. The molecule has 0 aliphatic heterocycles. The zero-order valence-corrected chi connectivity index (χ0v) is 13.0. The summed E-state index contributed by atoms with van der Waals surface area (Å²) in [6.07, 6.45) is 3.47. The predicted octanol–water partition coefficient (Wildman–Crippen LogP) is 2.47. The third-order valence-corrected chi connectivity index (χ3v) is 2.77. The van der Waals surface area contributed by atoms with Crippen molar-refractivity contribution in [2.24, 2.45) is 0 Å². The molecule has 0 aliphatic rings. The van der Waals surface area contributed by atoms with E-state index in [2.05, 4.69) is 18.0 Å². The van der Waals surface area contributed by atoms with Crippen LogP contribution in [0.1, 0.15) is 31.5 Å². The molecule has 10 heteroatoms. The van der Waals surface area contributed by atoms with Crippen molar-refractivity contribution in [2.45, 2.75) is 33.6 Å². The fourth-order valence-corrected chi connectivity index (χ4v) is 1.48. The third kappa shape index (κ3) is 24.3. The van der Waals surface area contributed by atoms with Crippen molar-refractivity contribution >= 4 is 18.5 Å². The van der Waals surface area contributed by atoms with Crippen molar-refractivity contribution in [3.8, 4) is 0 Å². The summed E-state index contributed by atoms with van der Waals surface area (Å²) in [6, 6.07) is 4.15. The van der Waals surface area contributed by atoms with Gasteiger partial charge in [0.2, 0.25) is 0 Å². The van der Waals surface area contributed by atoms with Crippen molar-refractivity contribution < 1.29 is 31.8 Å². The smallest absolute Gasteiger partial charge is 0.264 e. The van der Waals surface area contributed by atoms with E-state index in [1.807, 2.05) is 19.2 Å². The average Bonchev–Trinajstić information content (AvgIpc) is 2.18. The number of hydrogen-bond donors (Lipinski definition) is 1. The first kappa shape index (κ1) is 36.8. The average molecular weight is 336 g/mol. The maximum atomic E-state index is 9.79. The highest BCUT2D eigenvalue weighted by Crippen LogP contribution is 1.98. The maximum absolute atomic E-state index is 9.79. The fourth-order valence-electron chi connectivity index (χ4n) is 0.966. The van der Waals surface area contributed by atoms with Gasteiger partial charge in [0, 0.05) is 20.3 Å². The van der Waals surface area contributed by atoms with Gasteiger partial charge in [-0.2, -0.15) is 8.42 Å². The van der Waals surface area contributed by atoms with Gasteiger partial charge in [0.25, 0.3) is 10.1 Å². The largest absolute Gasteiger partial charge is 0.286 e. The predicted molar refractivity (Wildman–Crippen MR) is 80.8 cm³/mol. The van der Waals surface area contributed by atoms with Gasteiger partial charge in [-0.15, -0.1) is 0 Å². The number of halogens is 4. The quantitative estimate of drug-likeness (QED) is 0.523. The summed E-state index contributed by atoms with van der Waals surface area (Å²) in [5, 5.41) is 0. The van der Waals surface area contributed by atoms with Crippen LogP contribution >= 0.6 is 0 Å². The second-order valence-corrected chi connectivity index (χ2v) is 5.02. The first-order valence-electron chi connectivity index (χ1n) is 5.25. The van der Waals surface area contributed by atoms with Crippen LogP contribution in [0.2, 0.25) is 0 Å². The Hall–Kier alpha value is -1.16. The molecular formula is C11H23BF4NO3S. The molecule has 0 fully saturated rings. The molecule has 3 radical (unpaired) electrons. The van der Waals surface area contributed by atoms with E-state index in [4.69, 9.17) is 4.55 Å². The number of pyridine rings is 1. The van der Waals surface area contributed by atoms with Gasteiger partial charge in [-0.1, -0.05) is 19.9 Å². The zero-order chi connectivity index (χ0) is 12.6. The number of aryl methyl sites for hydroxylation is 2. The highest BCUT2D eigenvalue weighted by molar-refractivity contribution is 7.85. The lowest BCUT2D eigenvalue weighted by molar-refractivity contribution is 0.482. The Morgan fingerprint density at radius 2 is 1.57 bits per heavy atom. The van der Waals surface area contributed by atoms with Crippen LogP contribution in [0.25, 0.3) is 0 Å². The van der Waals surface area contributed by atoms with E-state index >= 15 is 0 Å². The van der Waals surface area contributed by atoms with E-state index in [9.17, 15) is 8.42 Å². The van der Waals surface area contributed by atoms with Gasteiger partial charge in [-0.05, 0) is 31.4 Å². The van der Waals surface area contributed by atoms with E-state index in [-0.39, 0.29) is 33.0 Å². The van der Waals surface area contributed by atoms with Gasteiger partial charge in [0.05, 0.1) is 5.75 Å². The highest BCUT2D eigenvalue weighted by atomic mass is 32.2. The molecule has 1 aromatic heterocycles. The SMILES string of the molecule is CCCS(=O)(=O)O.CCc1ccc(C)nc1.F.F.F.F.[B]. The summed E-state index contributed by atoms with van der Waals surface area (Å²) in [7, 11) is -3.67. The van der Waals surface area contributed by atoms with Gasteiger partial charge >= 0.3 is 0 Å². The van der Waals surface area contributed by atoms with Crippen molar-refractivity contribution in [2.75, 3.05) is 5.75 Å². The topological polar surface area (TPSA) is 67.3 Å². The maximum Gasteiger partial charge on any atom is 0.264 e. The molecule has 0 spiro atoms. The number of nitrogens with zero attached hydrogens (tertiary/aromatic N) is 1. The molecule has 0 aliphatic carbocycles. The Labute approximate surface area is 125 Å². The molecule has 1 rings (SSSR count). The molecule has 1 heterocycles. The summed E-state index contributed by atoms with van der Waals surface area (Å²) < 4.78 is 27.6. The lowest BCUT2D eigenvalue weighted by Crippen LogP contribution is -2.01. The summed E-state index contributed by atoms with van der Waals surface area (Å²) in [4.78, 5) is 4.15. The van der Waals surface area contributed by atoms with E-state index in [1.165, 1.54) is 5.56 Å². The number of aromatic nitrogens is 1. The molecule has 0 saturated carbocycles. The molecule has 0 saturated heterocycles. The minimum absolute atomic E-state index is 0. The third-order valence-electron chi connectivity index (χ3n) is 1.84. The van der Waals surface area contributed by atoms with E-state index < -0.39 is 10.1 Å². The van der Waals surface area contributed by atoms with Gasteiger partial charge in [0.1, 0.15) is 0 Å². The Morgan fingerprint density at radius 1 is 1.10 bits per heavy atom. The van der Waals surface area contributed by atoms with Crippen LogP contribution in [0.15, 0.2) is 18.3 Å². The summed E-state index contributed by atoms with van der Waals surface area (Å²) >= 11 is 0. The molecule has 0 bridgehead atoms. The minimum atomic E-state index is -3.67. The van der Waals surface area contributed by atoms with Crippen molar-refractivity contribution in [3.05, 3.63) is 29.6 Å². The Morgan fingerprint density at radius 3 is 1.76 bits per heavy atom. The van der Waals surface area contributed by atoms with Crippen LogP contribution < -0.4 is 0 Å². The van der Waals surface area contributed by atoms with E-state index in [1.54, 1.807) is 6.92 Å². The van der Waals surface area contributed by atoms with Crippen LogP contribution in [0, 0.1) is 6.92 Å². The van der Waals surface area contributed by atoms with E-state index in [0.29, 0.717) is 6.42 Å². The first-order chi connectivity index (χ1) is 7.39. The second kappa shape index (κ2) is 18.8. The monoisotopic (exact) mass is 336 g/mol. The van der Waals surface area contributed by atoms with Crippen molar-refractivity contribution in [1.29, 1.82) is 0 Å². The van der Waals surface area contributed by atoms with Gasteiger partial charge < -0.3 is 0 Å². The summed E-state index contributed by atoms with van der Waals surface area (Å²) in [5.41, 5.74) is 2.40. The molecular weight excluding hydrogens is 313 g/mol. The minimum Gasteiger partial charge on any atom is -0.286 e. The van der Waals surface area contributed by atoms with Crippen LogP contribution in [-0.2, 0) is 16.5 Å². The van der Waals surface area contributed by atoms with Crippen LogP contribution in [0.5, 0.6) is 0 Å². The second-order valence-electron chi connectivity index (χ2n) is 3.45. The highest BCUT2D eigenvalue weighted by Gasteiger charge is 1.98. The van der Waals surface area contributed by atoms with Gasteiger partial charge in [-0.25, -0.2) is 0 Å². The van der Waals surface area contributed by atoms with Gasteiger partial charge in [0.15, 0.2) is 0 Å². The number of rotatable bonds is 3. The molecule has 0 unspecified atom stereocenters. The van der Waals surface area contributed by atoms with Crippen molar-refractivity contribution in [3.63, 3.8) is 0 Å². The summed E-state index contributed by atoms with van der Waals surface area (Å²) in [5.74, 6) is -0.132. The Kier molecular flexibility index (Phi) is 33.0. The molecule has 21 heavy (non-hydrogen) atoms. The normalized spacial score (nSPS) is 8.00. The Bertz CT molecular complexity index is 404. The van der Waals surface area contributed by atoms with Gasteiger partial charge in [-0.3, -0.25) is 28.4 Å². The van der Waals surface area contributed by atoms with Crippen LogP contribution in [0.3, 0.4) is 0 Å². The number of hydrogen-bond acceptors (Lipinski definition) is 3. The lowest BCUT2D eigenvalue weighted by atomic mass is 10.2. The molecule has 0 aromatic carbocycles.